The molecule has 37 heavy (non-hydrogen) atoms. The highest BCUT2D eigenvalue weighted by Gasteiger charge is 2.34. The lowest BCUT2D eigenvalue weighted by atomic mass is 10.1. The second kappa shape index (κ2) is 10.2. The van der Waals surface area contributed by atoms with E-state index in [1.54, 1.807) is 36.4 Å². The number of nitrogens with one attached hydrogen (secondary N) is 3. The van der Waals surface area contributed by atoms with Crippen LogP contribution in [0.25, 0.3) is 10.9 Å². The zero-order valence-electron chi connectivity index (χ0n) is 20.2. The van der Waals surface area contributed by atoms with Crippen molar-refractivity contribution in [3.05, 3.63) is 47.2 Å². The molecular formula is C25H26ClN7O4. The van der Waals surface area contributed by atoms with Crippen LogP contribution in [0.2, 0.25) is 5.15 Å². The number of nitrogens with zero attached hydrogens (tertiary/aromatic N) is 4. The van der Waals surface area contributed by atoms with E-state index < -0.39 is 0 Å². The van der Waals surface area contributed by atoms with Crippen LogP contribution in [-0.4, -0.2) is 61.9 Å². The number of benzene rings is 1. The first-order chi connectivity index (χ1) is 17.8. The molecule has 0 bridgehead atoms. The number of rotatable bonds is 9. The lowest BCUT2D eigenvalue weighted by molar-refractivity contribution is -0.135. The molecule has 192 valence electrons. The molecule has 2 aliphatic rings. The molecule has 12 heteroatoms. The summed E-state index contributed by atoms with van der Waals surface area (Å²) in [6.45, 7) is 1.12. The first kappa shape index (κ1) is 24.7. The smallest absolute Gasteiger partial charge is 0.319 e. The highest BCUT2D eigenvalue weighted by molar-refractivity contribution is 6.29. The van der Waals surface area contributed by atoms with Crippen molar-refractivity contribution in [1.82, 2.24) is 25.0 Å². The Hall–Kier alpha value is -3.99. The van der Waals surface area contributed by atoms with Gasteiger partial charge in [-0.1, -0.05) is 17.7 Å². The molecule has 3 aromatic rings. The highest BCUT2D eigenvalue weighted by Crippen LogP contribution is 2.28. The van der Waals surface area contributed by atoms with Gasteiger partial charge in [0.1, 0.15) is 29.8 Å². The highest BCUT2D eigenvalue weighted by atomic mass is 35.5. The molecule has 2 aromatic heterocycles. The molecule has 3 N–H and O–H groups in total. The first-order valence-electron chi connectivity index (χ1n) is 12.1. The summed E-state index contributed by atoms with van der Waals surface area (Å²) >= 11 is 5.88. The van der Waals surface area contributed by atoms with Crippen LogP contribution in [0.1, 0.15) is 43.1 Å². The van der Waals surface area contributed by atoms with E-state index in [0.29, 0.717) is 22.4 Å². The maximum Gasteiger partial charge on any atom is 0.319 e. The molecule has 0 unspecified atom stereocenters. The summed E-state index contributed by atoms with van der Waals surface area (Å²) in [4.78, 5) is 55.9. The topological polar surface area (TPSA) is 138 Å². The predicted octanol–water partition coefficient (Wildman–Crippen LogP) is 3.20. The van der Waals surface area contributed by atoms with E-state index in [4.69, 9.17) is 11.6 Å². The second-order valence-electron chi connectivity index (χ2n) is 9.31. The van der Waals surface area contributed by atoms with Crippen molar-refractivity contribution < 1.29 is 19.2 Å². The normalized spacial score (nSPS) is 14.8. The monoisotopic (exact) mass is 523 g/mol. The number of anilines is 2. The van der Waals surface area contributed by atoms with E-state index in [9.17, 15) is 19.2 Å². The van der Waals surface area contributed by atoms with E-state index in [2.05, 4.69) is 26.0 Å². The average Bonchev–Trinajstić information content (AvgIpc) is 3.77. The Morgan fingerprint density at radius 1 is 1.08 bits per heavy atom. The fourth-order valence-electron chi connectivity index (χ4n) is 4.06. The zero-order valence-corrected chi connectivity index (χ0v) is 20.9. The minimum Gasteiger partial charge on any atom is -0.335 e. The van der Waals surface area contributed by atoms with Gasteiger partial charge in [-0.15, -0.1) is 0 Å². The summed E-state index contributed by atoms with van der Waals surface area (Å²) in [5.74, 6) is -0.629. The van der Waals surface area contributed by atoms with Crippen LogP contribution in [-0.2, 0) is 16.1 Å². The number of carbonyl (C=O) groups excluding carboxylic acids is 4. The van der Waals surface area contributed by atoms with Gasteiger partial charge in [0.15, 0.2) is 5.78 Å². The molecule has 0 atom stereocenters. The van der Waals surface area contributed by atoms with Crippen LogP contribution in [0.3, 0.4) is 0 Å². The number of fused-ring (bicyclic) bond motifs is 1. The number of pyridine rings is 1. The zero-order chi connectivity index (χ0) is 26.1. The maximum atomic E-state index is 13.3. The minimum atomic E-state index is -0.384. The second-order valence-corrected chi connectivity index (χ2v) is 9.70. The number of urea groups is 1. The summed E-state index contributed by atoms with van der Waals surface area (Å²) < 4.78 is 1.47. The summed E-state index contributed by atoms with van der Waals surface area (Å²) in [5.41, 5.74) is 1.30. The molecule has 2 saturated carbocycles. The van der Waals surface area contributed by atoms with Gasteiger partial charge in [-0.2, -0.15) is 5.10 Å². The number of hydrogen-bond acceptors (Lipinski definition) is 6. The third-order valence-electron chi connectivity index (χ3n) is 6.14. The van der Waals surface area contributed by atoms with Crippen molar-refractivity contribution in [2.75, 3.05) is 17.2 Å². The molecule has 5 rings (SSSR count). The SMILES string of the molecule is CC(=O)c1nn(CC(=O)N(CC(=O)Nc2cccc(Cl)n2)C2CC2)c2ccc(NC(=O)NC3CC3)cc12. The summed E-state index contributed by atoms with van der Waals surface area (Å²) in [6, 6.07) is 9.86. The molecule has 2 heterocycles. The van der Waals surface area contributed by atoms with Crippen molar-refractivity contribution >= 4 is 57.6 Å². The van der Waals surface area contributed by atoms with E-state index in [0.717, 1.165) is 25.7 Å². The summed E-state index contributed by atoms with van der Waals surface area (Å²) in [6.07, 6.45) is 3.56. The van der Waals surface area contributed by atoms with Crippen LogP contribution in [0.4, 0.5) is 16.3 Å². The third kappa shape index (κ3) is 6.05. The molecule has 2 fully saturated rings. The van der Waals surface area contributed by atoms with Crippen molar-refractivity contribution in [1.29, 1.82) is 0 Å². The van der Waals surface area contributed by atoms with Gasteiger partial charge in [0.2, 0.25) is 11.8 Å². The van der Waals surface area contributed by atoms with Gasteiger partial charge in [-0.25, -0.2) is 9.78 Å². The molecular weight excluding hydrogens is 498 g/mol. The quantitative estimate of drug-likeness (QED) is 0.291. The molecule has 0 spiro atoms. The van der Waals surface area contributed by atoms with E-state index in [-0.39, 0.29) is 59.6 Å². The summed E-state index contributed by atoms with van der Waals surface area (Å²) in [5, 5.41) is 13.5. The average molecular weight is 524 g/mol. The Kier molecular flexibility index (Phi) is 6.79. The van der Waals surface area contributed by atoms with Crippen LogP contribution in [0.15, 0.2) is 36.4 Å². The maximum absolute atomic E-state index is 13.3. The molecule has 0 radical (unpaired) electrons. The molecule has 4 amide bonds. The van der Waals surface area contributed by atoms with E-state index in [1.807, 2.05) is 0 Å². The van der Waals surface area contributed by atoms with E-state index >= 15 is 0 Å². The predicted molar refractivity (Wildman–Crippen MR) is 138 cm³/mol. The first-order valence-corrected chi connectivity index (χ1v) is 12.5. The Morgan fingerprint density at radius 2 is 1.86 bits per heavy atom. The molecule has 2 aliphatic carbocycles. The Morgan fingerprint density at radius 3 is 2.54 bits per heavy atom. The Labute approximate surface area is 217 Å². The number of hydrogen-bond donors (Lipinski definition) is 3. The number of ketones is 1. The number of carbonyl (C=O) groups is 4. The Balaban J connectivity index is 1.31. The van der Waals surface area contributed by atoms with Crippen LogP contribution < -0.4 is 16.0 Å². The summed E-state index contributed by atoms with van der Waals surface area (Å²) in [7, 11) is 0. The van der Waals surface area contributed by atoms with Crippen molar-refractivity contribution in [3.8, 4) is 0 Å². The molecule has 11 nitrogen and oxygen atoms in total. The van der Waals surface area contributed by atoms with Gasteiger partial charge < -0.3 is 20.9 Å². The lowest BCUT2D eigenvalue weighted by Gasteiger charge is -2.22. The standard InChI is InChI=1S/C25H26ClN7O4/c1-14(34)24-18-11-16(28-25(37)27-15-5-6-15)7-10-19(18)33(31-24)13-23(36)32(17-8-9-17)12-22(35)30-21-4-2-3-20(26)29-21/h2-4,7,10-11,15,17H,5-6,8-9,12-13H2,1H3,(H2,27,28,37)(H,29,30,35). The van der Waals surface area contributed by atoms with Gasteiger partial charge in [-0.3, -0.25) is 19.1 Å². The fourth-order valence-corrected chi connectivity index (χ4v) is 4.22. The lowest BCUT2D eigenvalue weighted by Crippen LogP contribution is -2.41. The number of aromatic nitrogens is 3. The van der Waals surface area contributed by atoms with Crippen LogP contribution in [0, 0.1) is 0 Å². The van der Waals surface area contributed by atoms with Crippen molar-refractivity contribution in [3.63, 3.8) is 0 Å². The van der Waals surface area contributed by atoms with Gasteiger partial charge in [0, 0.05) is 30.1 Å². The van der Waals surface area contributed by atoms with Crippen molar-refractivity contribution in [2.45, 2.75) is 51.2 Å². The molecule has 0 saturated heterocycles. The fraction of sp³-hybridized carbons (Fsp3) is 0.360. The van der Waals surface area contributed by atoms with E-state index in [1.165, 1.54) is 16.5 Å². The molecule has 1 aromatic carbocycles. The number of halogens is 1. The van der Waals surface area contributed by atoms with Gasteiger partial charge in [0.05, 0.1) is 5.52 Å². The number of amides is 4. The van der Waals surface area contributed by atoms with Gasteiger partial charge in [0.25, 0.3) is 0 Å². The third-order valence-corrected chi connectivity index (χ3v) is 6.35. The van der Waals surface area contributed by atoms with Gasteiger partial charge >= 0.3 is 6.03 Å². The van der Waals surface area contributed by atoms with Crippen molar-refractivity contribution in [2.24, 2.45) is 0 Å². The Bertz CT molecular complexity index is 1400. The van der Waals surface area contributed by atoms with Gasteiger partial charge in [-0.05, 0) is 56.0 Å². The van der Waals surface area contributed by atoms with Crippen LogP contribution >= 0.6 is 11.6 Å². The number of Topliss-reactive ketones (excluding diaryl/α,β-unsaturated/α-hetero) is 1. The molecule has 0 aliphatic heterocycles. The minimum absolute atomic E-state index is 0.0274. The van der Waals surface area contributed by atoms with Crippen LogP contribution in [0.5, 0.6) is 0 Å². The largest absolute Gasteiger partial charge is 0.335 e.